The summed E-state index contributed by atoms with van der Waals surface area (Å²) in [6.07, 6.45) is 3.04. The minimum Gasteiger partial charge on any atom is -0.393 e. The molecule has 0 saturated heterocycles. The quantitative estimate of drug-likeness (QED) is 0.474. The molecule has 0 aliphatic heterocycles. The van der Waals surface area contributed by atoms with Crippen molar-refractivity contribution in [1.29, 1.82) is 0 Å². The van der Waals surface area contributed by atoms with E-state index in [0.29, 0.717) is 11.5 Å². The lowest BCUT2D eigenvalue weighted by molar-refractivity contribution is 0.0302. The Morgan fingerprint density at radius 2 is 1.90 bits per heavy atom. The molecule has 4 aromatic rings. The van der Waals surface area contributed by atoms with Crippen LogP contribution in [0.2, 0.25) is 0 Å². The summed E-state index contributed by atoms with van der Waals surface area (Å²) in [7, 11) is 0. The Balaban J connectivity index is 1.52. The molecular formula is C23H23N5O2. The van der Waals surface area contributed by atoms with E-state index in [-0.39, 0.29) is 24.7 Å². The third-order valence-electron chi connectivity index (χ3n) is 5.81. The Bertz CT molecular complexity index is 1200. The fourth-order valence-electron chi connectivity index (χ4n) is 4.00. The molecule has 1 unspecified atom stereocenters. The van der Waals surface area contributed by atoms with Gasteiger partial charge in [0.25, 0.3) is 0 Å². The smallest absolute Gasteiger partial charge is 0.154 e. The summed E-state index contributed by atoms with van der Waals surface area (Å²) >= 11 is 0. The molecule has 0 spiro atoms. The molecule has 7 heteroatoms. The molecule has 30 heavy (non-hydrogen) atoms. The van der Waals surface area contributed by atoms with E-state index in [4.69, 9.17) is 10.7 Å². The topological polar surface area (TPSA) is 110 Å². The molecule has 0 bridgehead atoms. The first-order valence-electron chi connectivity index (χ1n) is 10.1. The van der Waals surface area contributed by atoms with Crippen molar-refractivity contribution in [3.8, 4) is 17.1 Å². The predicted octanol–water partition coefficient (Wildman–Crippen LogP) is 2.75. The van der Waals surface area contributed by atoms with Gasteiger partial charge in [0.2, 0.25) is 0 Å². The minimum absolute atomic E-state index is 0.118. The highest BCUT2D eigenvalue weighted by atomic mass is 16.3. The molecule has 1 fully saturated rings. The zero-order valence-corrected chi connectivity index (χ0v) is 16.4. The molecule has 152 valence electrons. The average molecular weight is 401 g/mol. The van der Waals surface area contributed by atoms with Crippen molar-refractivity contribution in [3.05, 3.63) is 72.2 Å². The minimum atomic E-state index is -0.232. The number of aliphatic hydroxyl groups is 2. The molecule has 1 aliphatic rings. The Morgan fingerprint density at radius 3 is 2.70 bits per heavy atom. The Hall–Kier alpha value is -3.13. The van der Waals surface area contributed by atoms with E-state index in [9.17, 15) is 10.2 Å². The summed E-state index contributed by atoms with van der Waals surface area (Å²) in [5.74, 6) is 0.928. The first kappa shape index (κ1) is 18.9. The van der Waals surface area contributed by atoms with Crippen molar-refractivity contribution < 1.29 is 10.2 Å². The van der Waals surface area contributed by atoms with E-state index < -0.39 is 0 Å². The van der Waals surface area contributed by atoms with Crippen LogP contribution < -0.4 is 5.73 Å². The number of rotatable bonds is 5. The van der Waals surface area contributed by atoms with Gasteiger partial charge in [0.05, 0.1) is 47.5 Å². The first-order valence-corrected chi connectivity index (χ1v) is 10.1. The maximum atomic E-state index is 9.58. The van der Waals surface area contributed by atoms with E-state index in [1.54, 1.807) is 16.9 Å². The summed E-state index contributed by atoms with van der Waals surface area (Å²) in [6.45, 7) is -0.118. The van der Waals surface area contributed by atoms with E-state index in [2.05, 4.69) is 10.1 Å². The van der Waals surface area contributed by atoms with Crippen molar-refractivity contribution in [2.24, 2.45) is 11.7 Å². The van der Waals surface area contributed by atoms with Crippen LogP contribution in [0.15, 0.2) is 60.8 Å². The zero-order chi connectivity index (χ0) is 20.7. The molecule has 0 radical (unpaired) electrons. The molecule has 0 amide bonds. The number of aliphatic hydroxyl groups excluding tert-OH is 2. The zero-order valence-electron chi connectivity index (χ0n) is 16.4. The maximum Gasteiger partial charge on any atom is 0.154 e. The molecular weight excluding hydrogens is 378 g/mol. The number of hydrogen-bond donors (Lipinski definition) is 3. The lowest BCUT2D eigenvalue weighted by Crippen LogP contribution is -2.36. The van der Waals surface area contributed by atoms with Gasteiger partial charge in [-0.05, 0) is 49.1 Å². The van der Waals surface area contributed by atoms with Gasteiger partial charge in [-0.1, -0.05) is 24.3 Å². The fourth-order valence-corrected chi connectivity index (χ4v) is 4.00. The highest BCUT2D eigenvalue weighted by molar-refractivity contribution is 5.84. The van der Waals surface area contributed by atoms with Crippen LogP contribution in [0.3, 0.4) is 0 Å². The van der Waals surface area contributed by atoms with Crippen LogP contribution in [0.1, 0.15) is 30.3 Å². The normalized spacial score (nSPS) is 19.6. The number of nitrogens with zero attached hydrogens (tertiary/aromatic N) is 4. The summed E-state index contributed by atoms with van der Waals surface area (Å²) < 4.78 is 1.77. The SMILES string of the molecule is NC(c1cccc(-c2ccc3cnn(-c4cccc(CO)n4)c3c2)n1)[C@H]1C[C@H](O)C1. The number of pyridine rings is 2. The van der Waals surface area contributed by atoms with Crippen LogP contribution in [0.5, 0.6) is 0 Å². The van der Waals surface area contributed by atoms with Crippen molar-refractivity contribution in [2.45, 2.75) is 31.6 Å². The van der Waals surface area contributed by atoms with Crippen LogP contribution in [0, 0.1) is 5.92 Å². The number of nitrogens with two attached hydrogens (primary N) is 1. The summed E-state index contributed by atoms with van der Waals surface area (Å²) in [5.41, 5.74) is 10.5. The molecule has 4 N–H and O–H groups in total. The van der Waals surface area contributed by atoms with E-state index in [1.165, 1.54) is 0 Å². The van der Waals surface area contributed by atoms with Gasteiger partial charge in [0, 0.05) is 10.9 Å². The van der Waals surface area contributed by atoms with Gasteiger partial charge in [-0.25, -0.2) is 9.67 Å². The molecule has 1 atom stereocenters. The first-order chi connectivity index (χ1) is 14.6. The Kier molecular flexibility index (Phi) is 4.78. The van der Waals surface area contributed by atoms with E-state index in [1.807, 2.05) is 48.5 Å². The van der Waals surface area contributed by atoms with Crippen LogP contribution in [0.25, 0.3) is 28.0 Å². The van der Waals surface area contributed by atoms with Gasteiger partial charge in [0.1, 0.15) is 0 Å². The van der Waals surface area contributed by atoms with Gasteiger partial charge < -0.3 is 15.9 Å². The molecule has 3 heterocycles. The van der Waals surface area contributed by atoms with Crippen LogP contribution in [-0.4, -0.2) is 36.1 Å². The monoisotopic (exact) mass is 401 g/mol. The molecule has 7 nitrogen and oxygen atoms in total. The second-order valence-electron chi connectivity index (χ2n) is 7.83. The average Bonchev–Trinajstić information content (AvgIpc) is 3.20. The lowest BCUT2D eigenvalue weighted by atomic mass is 9.76. The van der Waals surface area contributed by atoms with Crippen LogP contribution in [0.4, 0.5) is 0 Å². The molecule has 1 saturated carbocycles. The van der Waals surface area contributed by atoms with Crippen LogP contribution in [-0.2, 0) is 6.61 Å². The molecule has 1 aromatic carbocycles. The van der Waals surface area contributed by atoms with Gasteiger partial charge in [-0.3, -0.25) is 4.98 Å². The van der Waals surface area contributed by atoms with Crippen molar-refractivity contribution in [1.82, 2.24) is 19.7 Å². The van der Waals surface area contributed by atoms with Crippen molar-refractivity contribution in [3.63, 3.8) is 0 Å². The molecule has 5 rings (SSSR count). The second-order valence-corrected chi connectivity index (χ2v) is 7.83. The number of aromatic nitrogens is 4. The Labute approximate surface area is 173 Å². The van der Waals surface area contributed by atoms with Crippen molar-refractivity contribution >= 4 is 10.9 Å². The predicted molar refractivity (Wildman–Crippen MR) is 114 cm³/mol. The summed E-state index contributed by atoms with van der Waals surface area (Å²) in [4.78, 5) is 9.27. The summed E-state index contributed by atoms with van der Waals surface area (Å²) in [6, 6.07) is 17.3. The second kappa shape index (κ2) is 7.60. The van der Waals surface area contributed by atoms with Gasteiger partial charge in [-0.15, -0.1) is 0 Å². The fraction of sp³-hybridized carbons (Fsp3) is 0.261. The highest BCUT2D eigenvalue weighted by Gasteiger charge is 2.33. The highest BCUT2D eigenvalue weighted by Crippen LogP contribution is 2.36. The third kappa shape index (κ3) is 3.37. The van der Waals surface area contributed by atoms with Crippen LogP contribution >= 0.6 is 0 Å². The van der Waals surface area contributed by atoms with Gasteiger partial charge >= 0.3 is 0 Å². The van der Waals surface area contributed by atoms with E-state index in [0.717, 1.165) is 40.7 Å². The number of hydrogen-bond acceptors (Lipinski definition) is 6. The lowest BCUT2D eigenvalue weighted by Gasteiger charge is -2.35. The molecule has 3 aromatic heterocycles. The third-order valence-corrected chi connectivity index (χ3v) is 5.81. The Morgan fingerprint density at radius 1 is 1.07 bits per heavy atom. The van der Waals surface area contributed by atoms with Gasteiger partial charge in [0.15, 0.2) is 5.82 Å². The van der Waals surface area contributed by atoms with E-state index >= 15 is 0 Å². The number of fused-ring (bicyclic) bond motifs is 1. The number of benzene rings is 1. The largest absolute Gasteiger partial charge is 0.393 e. The molecule has 1 aliphatic carbocycles. The summed E-state index contributed by atoms with van der Waals surface area (Å²) in [5, 5.41) is 24.4. The van der Waals surface area contributed by atoms with Crippen molar-refractivity contribution in [2.75, 3.05) is 0 Å². The standard InChI is InChI=1S/C23H23N5O2/c24-23(16-9-18(30)10-16)20-5-2-4-19(27-20)14-7-8-15-12-25-28(21(15)11-14)22-6-1-3-17(13-29)26-22/h1-8,11-12,16,18,23,29-30H,9-10,13,24H2/t16-,18-,23?. The van der Waals surface area contributed by atoms with Gasteiger partial charge in [-0.2, -0.15) is 5.10 Å². The maximum absolute atomic E-state index is 9.58.